The Balaban J connectivity index is 2.70. The van der Waals surface area contributed by atoms with E-state index in [1.807, 2.05) is 12.1 Å². The van der Waals surface area contributed by atoms with Gasteiger partial charge in [-0.05, 0) is 36.4 Å². The molecule has 2 unspecified atom stereocenters. The van der Waals surface area contributed by atoms with Gasteiger partial charge in [0.05, 0.1) is 0 Å². The lowest BCUT2D eigenvalue weighted by Gasteiger charge is -2.25. The Morgan fingerprint density at radius 3 is 2.42 bits per heavy atom. The van der Waals surface area contributed by atoms with Gasteiger partial charge in [0.25, 0.3) is 0 Å². The third-order valence-electron chi connectivity index (χ3n) is 3.78. The summed E-state index contributed by atoms with van der Waals surface area (Å²) < 4.78 is 13.8. The summed E-state index contributed by atoms with van der Waals surface area (Å²) in [4.78, 5) is 0. The molecule has 1 aromatic rings. The molecule has 1 aromatic carbocycles. The van der Waals surface area contributed by atoms with Gasteiger partial charge in [-0.15, -0.1) is 0 Å². The quantitative estimate of drug-likeness (QED) is 0.733. The van der Waals surface area contributed by atoms with Crippen molar-refractivity contribution in [3.8, 4) is 0 Å². The Hall–Kier alpha value is -0.890. The summed E-state index contributed by atoms with van der Waals surface area (Å²) in [6, 6.07) is 7.64. The predicted molar refractivity (Wildman–Crippen MR) is 80.8 cm³/mol. The molecule has 0 heterocycles. The Kier molecular flexibility index (Phi) is 7.07. The van der Waals surface area contributed by atoms with Gasteiger partial charge in [0.1, 0.15) is 5.82 Å². The summed E-state index contributed by atoms with van der Waals surface area (Å²) >= 11 is 0. The Morgan fingerprint density at radius 2 is 1.84 bits per heavy atom. The van der Waals surface area contributed by atoms with E-state index in [1.54, 1.807) is 12.1 Å². The van der Waals surface area contributed by atoms with Crippen molar-refractivity contribution < 1.29 is 4.39 Å². The molecule has 2 heteroatoms. The molecule has 0 radical (unpaired) electrons. The molecule has 1 N–H and O–H groups in total. The van der Waals surface area contributed by atoms with E-state index in [1.165, 1.54) is 12.8 Å². The van der Waals surface area contributed by atoms with Gasteiger partial charge in [-0.25, -0.2) is 4.39 Å². The fraction of sp³-hybridized carbons (Fsp3) is 0.647. The summed E-state index contributed by atoms with van der Waals surface area (Å²) in [7, 11) is 0. The fourth-order valence-electron chi connectivity index (χ4n) is 2.50. The minimum Gasteiger partial charge on any atom is -0.314 e. The van der Waals surface area contributed by atoms with E-state index in [0.29, 0.717) is 17.9 Å². The lowest BCUT2D eigenvalue weighted by atomic mass is 9.85. The van der Waals surface area contributed by atoms with E-state index in [-0.39, 0.29) is 5.82 Å². The summed E-state index contributed by atoms with van der Waals surface area (Å²) in [5, 5.41) is 3.50. The van der Waals surface area contributed by atoms with Crippen LogP contribution in [0.2, 0.25) is 0 Å². The number of benzene rings is 1. The van der Waals surface area contributed by atoms with E-state index in [4.69, 9.17) is 0 Å². The van der Waals surface area contributed by atoms with Gasteiger partial charge < -0.3 is 5.32 Å². The van der Waals surface area contributed by atoms with Crippen molar-refractivity contribution in [2.45, 2.75) is 53.0 Å². The lowest BCUT2D eigenvalue weighted by Crippen LogP contribution is -2.33. The smallest absolute Gasteiger partial charge is 0.126 e. The molecule has 19 heavy (non-hydrogen) atoms. The molecular weight excluding hydrogens is 237 g/mol. The van der Waals surface area contributed by atoms with Crippen LogP contribution in [0.5, 0.6) is 0 Å². The average Bonchev–Trinajstić information content (AvgIpc) is 2.36. The highest BCUT2D eigenvalue weighted by atomic mass is 19.1. The first-order chi connectivity index (χ1) is 9.04. The second-order valence-corrected chi connectivity index (χ2v) is 5.88. The van der Waals surface area contributed by atoms with E-state index in [2.05, 4.69) is 33.0 Å². The Bertz CT molecular complexity index is 362. The number of rotatable bonds is 8. The maximum absolute atomic E-state index is 13.8. The van der Waals surface area contributed by atoms with Crippen LogP contribution < -0.4 is 5.32 Å². The van der Waals surface area contributed by atoms with Gasteiger partial charge >= 0.3 is 0 Å². The van der Waals surface area contributed by atoms with Crippen LogP contribution in [0.15, 0.2) is 24.3 Å². The van der Waals surface area contributed by atoms with E-state index in [9.17, 15) is 4.39 Å². The predicted octanol–water partition coefficient (Wildman–Crippen LogP) is 4.42. The number of halogens is 1. The maximum Gasteiger partial charge on any atom is 0.126 e. The topological polar surface area (TPSA) is 12.0 Å². The van der Waals surface area contributed by atoms with Crippen molar-refractivity contribution in [2.75, 3.05) is 6.54 Å². The standard InChI is InChI=1S/C17H28FN/c1-5-8-14(4)16(12-19-13(2)3)11-15-9-6-7-10-17(15)18/h6-7,9-10,13-14,16,19H,5,8,11-12H2,1-4H3. The van der Waals surface area contributed by atoms with Crippen molar-refractivity contribution in [3.05, 3.63) is 35.6 Å². The van der Waals surface area contributed by atoms with Gasteiger partial charge in [-0.1, -0.05) is 58.7 Å². The van der Waals surface area contributed by atoms with Crippen molar-refractivity contribution in [3.63, 3.8) is 0 Å². The average molecular weight is 265 g/mol. The lowest BCUT2D eigenvalue weighted by molar-refractivity contribution is 0.307. The Morgan fingerprint density at radius 1 is 1.16 bits per heavy atom. The van der Waals surface area contributed by atoms with Crippen LogP contribution in [0.3, 0.4) is 0 Å². The maximum atomic E-state index is 13.8. The molecule has 0 aliphatic rings. The molecule has 0 saturated heterocycles. The van der Waals surface area contributed by atoms with Gasteiger partial charge in [0.2, 0.25) is 0 Å². The molecule has 108 valence electrons. The highest BCUT2D eigenvalue weighted by Gasteiger charge is 2.18. The third-order valence-corrected chi connectivity index (χ3v) is 3.78. The minimum absolute atomic E-state index is 0.0688. The van der Waals surface area contributed by atoms with E-state index < -0.39 is 0 Å². The third kappa shape index (κ3) is 5.73. The van der Waals surface area contributed by atoms with Crippen LogP contribution >= 0.6 is 0 Å². The largest absolute Gasteiger partial charge is 0.314 e. The zero-order valence-electron chi connectivity index (χ0n) is 12.7. The summed E-state index contributed by atoms with van der Waals surface area (Å²) in [6.45, 7) is 9.78. The molecule has 0 bridgehead atoms. The highest BCUT2D eigenvalue weighted by Crippen LogP contribution is 2.22. The first-order valence-electron chi connectivity index (χ1n) is 7.51. The van der Waals surface area contributed by atoms with E-state index >= 15 is 0 Å². The number of nitrogens with one attached hydrogen (secondary N) is 1. The van der Waals surface area contributed by atoms with Crippen LogP contribution in [0.4, 0.5) is 4.39 Å². The molecule has 0 saturated carbocycles. The van der Waals surface area contributed by atoms with Gasteiger partial charge in [-0.3, -0.25) is 0 Å². The molecule has 0 amide bonds. The van der Waals surface area contributed by atoms with Crippen molar-refractivity contribution in [1.29, 1.82) is 0 Å². The highest BCUT2D eigenvalue weighted by molar-refractivity contribution is 5.18. The van der Waals surface area contributed by atoms with Gasteiger partial charge in [-0.2, -0.15) is 0 Å². The molecule has 0 aliphatic carbocycles. The van der Waals surface area contributed by atoms with Crippen LogP contribution in [-0.4, -0.2) is 12.6 Å². The van der Waals surface area contributed by atoms with Gasteiger partial charge in [0, 0.05) is 6.04 Å². The van der Waals surface area contributed by atoms with E-state index in [0.717, 1.165) is 18.5 Å². The summed E-state index contributed by atoms with van der Waals surface area (Å²) in [5.41, 5.74) is 0.848. The second kappa shape index (κ2) is 8.31. The summed E-state index contributed by atoms with van der Waals surface area (Å²) in [5.74, 6) is 1.05. The van der Waals surface area contributed by atoms with Gasteiger partial charge in [0.15, 0.2) is 0 Å². The number of hydrogen-bond donors (Lipinski definition) is 1. The summed E-state index contributed by atoms with van der Waals surface area (Å²) in [6.07, 6.45) is 3.23. The molecule has 1 rings (SSSR count). The molecule has 0 fully saturated rings. The van der Waals surface area contributed by atoms with Crippen LogP contribution in [0.1, 0.15) is 46.1 Å². The zero-order chi connectivity index (χ0) is 14.3. The number of hydrogen-bond acceptors (Lipinski definition) is 1. The first-order valence-corrected chi connectivity index (χ1v) is 7.51. The van der Waals surface area contributed by atoms with Crippen molar-refractivity contribution in [2.24, 2.45) is 11.8 Å². The molecule has 0 aliphatic heterocycles. The second-order valence-electron chi connectivity index (χ2n) is 5.88. The van der Waals surface area contributed by atoms with Crippen LogP contribution in [-0.2, 0) is 6.42 Å². The normalized spacial score (nSPS) is 14.6. The zero-order valence-corrected chi connectivity index (χ0v) is 12.7. The van der Waals surface area contributed by atoms with Crippen LogP contribution in [0.25, 0.3) is 0 Å². The molecule has 0 spiro atoms. The minimum atomic E-state index is -0.0688. The van der Waals surface area contributed by atoms with Crippen LogP contribution in [0, 0.1) is 17.7 Å². The molecule has 1 nitrogen and oxygen atoms in total. The fourth-order valence-corrected chi connectivity index (χ4v) is 2.50. The molecule has 0 aromatic heterocycles. The first kappa shape index (κ1) is 16.2. The molecular formula is C17H28FN. The van der Waals surface area contributed by atoms with Crippen molar-refractivity contribution >= 4 is 0 Å². The Labute approximate surface area is 117 Å². The monoisotopic (exact) mass is 265 g/mol. The SMILES string of the molecule is CCCC(C)C(CNC(C)C)Cc1ccccc1F. The molecule has 2 atom stereocenters. The van der Waals surface area contributed by atoms with Crippen molar-refractivity contribution in [1.82, 2.24) is 5.32 Å².